The third-order valence-corrected chi connectivity index (χ3v) is 2.03. The molecule has 0 saturated carbocycles. The fourth-order valence-electron chi connectivity index (χ4n) is 1.12. The predicted octanol–water partition coefficient (Wildman–Crippen LogP) is 1.18. The summed E-state index contributed by atoms with van der Waals surface area (Å²) in [5, 5.41) is 13.1. The van der Waals surface area contributed by atoms with Gasteiger partial charge in [-0.15, -0.1) is 0 Å². The molecule has 0 atom stereocenters. The van der Waals surface area contributed by atoms with Gasteiger partial charge in [0.2, 0.25) is 0 Å². The normalized spacial score (nSPS) is 12.3. The molecule has 0 heterocycles. The number of rotatable bonds is 3. The molecule has 0 spiro atoms. The van der Waals surface area contributed by atoms with Crippen molar-refractivity contribution in [1.82, 2.24) is 5.32 Å². The molecule has 5 nitrogen and oxygen atoms in total. The number of nitrogens with one attached hydrogen (secondary N) is 1. The minimum atomic E-state index is -4.44. The van der Waals surface area contributed by atoms with Crippen molar-refractivity contribution in [2.75, 3.05) is 6.54 Å². The van der Waals surface area contributed by atoms with Crippen LogP contribution in [0.25, 0.3) is 0 Å². The van der Waals surface area contributed by atoms with Crippen LogP contribution >= 0.6 is 0 Å². The molecule has 98 valence electrons. The molecule has 0 saturated heterocycles. The maximum Gasteiger partial charge on any atom is 0.416 e. The fraction of sp³-hybridized carbons (Fsp3) is 0.200. The molecule has 0 radical (unpaired) electrons. The highest BCUT2D eigenvalue weighted by atomic mass is 19.4. The third-order valence-electron chi connectivity index (χ3n) is 2.03. The summed E-state index contributed by atoms with van der Waals surface area (Å²) < 4.78 is 36.8. The summed E-state index contributed by atoms with van der Waals surface area (Å²) in [6.45, 7) is -0.198. The number of alkyl halides is 3. The molecular formula is C10H10F3N3O2. The molecule has 0 unspecified atom stereocenters. The quantitative estimate of drug-likeness (QED) is 0.330. The van der Waals surface area contributed by atoms with Crippen LogP contribution in [0, 0.1) is 0 Å². The Hall–Kier alpha value is -2.25. The highest BCUT2D eigenvalue weighted by Crippen LogP contribution is 2.28. The number of hydrogen-bond donors (Lipinski definition) is 3. The molecule has 4 N–H and O–H groups in total. The first-order valence-electron chi connectivity index (χ1n) is 4.76. The van der Waals surface area contributed by atoms with Crippen molar-refractivity contribution >= 4 is 11.7 Å². The van der Waals surface area contributed by atoms with Gasteiger partial charge in [-0.1, -0.05) is 5.16 Å². The topological polar surface area (TPSA) is 87.7 Å². The average molecular weight is 261 g/mol. The number of oxime groups is 1. The molecule has 0 aromatic heterocycles. The lowest BCUT2D eigenvalue weighted by Crippen LogP contribution is -2.33. The Labute approximate surface area is 100 Å². The lowest BCUT2D eigenvalue weighted by atomic mass is 10.1. The SMILES string of the molecule is N/C(CNC(=O)c1ccc(C(F)(F)F)cc1)=N\O. The highest BCUT2D eigenvalue weighted by Gasteiger charge is 2.30. The number of benzene rings is 1. The molecule has 1 aromatic carbocycles. The minimum absolute atomic E-state index is 0.0498. The summed E-state index contributed by atoms with van der Waals surface area (Å²) >= 11 is 0. The molecule has 1 amide bonds. The number of carbonyl (C=O) groups is 1. The van der Waals surface area contributed by atoms with E-state index in [9.17, 15) is 18.0 Å². The number of amides is 1. The summed E-state index contributed by atoms with van der Waals surface area (Å²) in [6, 6.07) is 3.70. The smallest absolute Gasteiger partial charge is 0.409 e. The maximum absolute atomic E-state index is 12.3. The van der Waals surface area contributed by atoms with Crippen molar-refractivity contribution < 1.29 is 23.2 Å². The minimum Gasteiger partial charge on any atom is -0.409 e. The summed E-state index contributed by atoms with van der Waals surface area (Å²) in [6.07, 6.45) is -4.44. The number of nitrogens with two attached hydrogens (primary N) is 1. The van der Waals surface area contributed by atoms with Gasteiger partial charge in [0.1, 0.15) is 0 Å². The first-order valence-corrected chi connectivity index (χ1v) is 4.76. The van der Waals surface area contributed by atoms with Crippen LogP contribution in [0.15, 0.2) is 29.4 Å². The van der Waals surface area contributed by atoms with Crippen LogP contribution in [-0.4, -0.2) is 23.5 Å². The van der Waals surface area contributed by atoms with Gasteiger partial charge >= 0.3 is 6.18 Å². The van der Waals surface area contributed by atoms with Crippen molar-refractivity contribution in [1.29, 1.82) is 0 Å². The van der Waals surface area contributed by atoms with E-state index in [1.165, 1.54) is 0 Å². The summed E-state index contributed by atoms with van der Waals surface area (Å²) in [4.78, 5) is 11.4. The Morgan fingerprint density at radius 3 is 2.33 bits per heavy atom. The first kappa shape index (κ1) is 13.8. The lowest BCUT2D eigenvalue weighted by Gasteiger charge is -2.07. The van der Waals surface area contributed by atoms with E-state index in [0.29, 0.717) is 0 Å². The van der Waals surface area contributed by atoms with Crippen molar-refractivity contribution in [3.05, 3.63) is 35.4 Å². The Morgan fingerprint density at radius 1 is 1.33 bits per heavy atom. The zero-order valence-electron chi connectivity index (χ0n) is 9.03. The van der Waals surface area contributed by atoms with E-state index in [4.69, 9.17) is 10.9 Å². The van der Waals surface area contributed by atoms with Gasteiger partial charge in [-0.3, -0.25) is 4.79 Å². The first-order chi connectivity index (χ1) is 8.34. The van der Waals surface area contributed by atoms with E-state index in [1.807, 2.05) is 0 Å². The van der Waals surface area contributed by atoms with Gasteiger partial charge < -0.3 is 16.3 Å². The number of carbonyl (C=O) groups excluding carboxylic acids is 1. The Bertz CT molecular complexity index is 454. The van der Waals surface area contributed by atoms with Crippen LogP contribution in [0.2, 0.25) is 0 Å². The Morgan fingerprint density at radius 2 is 1.89 bits per heavy atom. The van der Waals surface area contributed by atoms with Crippen LogP contribution in [-0.2, 0) is 6.18 Å². The molecule has 1 aromatic rings. The molecule has 1 rings (SSSR count). The average Bonchev–Trinajstić information content (AvgIpc) is 2.34. The standard InChI is InChI=1S/C10H10F3N3O2/c11-10(12,13)7-3-1-6(2-4-7)9(17)15-5-8(14)16-18/h1-4,18H,5H2,(H2,14,16)(H,15,17). The molecule has 0 bridgehead atoms. The van der Waals surface area contributed by atoms with Crippen molar-refractivity contribution in [2.45, 2.75) is 6.18 Å². The molecule has 18 heavy (non-hydrogen) atoms. The van der Waals surface area contributed by atoms with Crippen molar-refractivity contribution in [2.24, 2.45) is 10.9 Å². The van der Waals surface area contributed by atoms with Crippen LogP contribution in [0.3, 0.4) is 0 Å². The van der Waals surface area contributed by atoms with Gasteiger partial charge in [-0.25, -0.2) is 0 Å². The van der Waals surface area contributed by atoms with Gasteiger partial charge in [0.15, 0.2) is 5.84 Å². The number of halogens is 3. The van der Waals surface area contributed by atoms with Gasteiger partial charge in [0.05, 0.1) is 12.1 Å². The van der Waals surface area contributed by atoms with Crippen molar-refractivity contribution in [3.8, 4) is 0 Å². The van der Waals surface area contributed by atoms with Gasteiger partial charge in [-0.2, -0.15) is 13.2 Å². The number of hydrogen-bond acceptors (Lipinski definition) is 3. The third kappa shape index (κ3) is 3.65. The zero-order valence-corrected chi connectivity index (χ0v) is 9.03. The Kier molecular flexibility index (Phi) is 4.13. The predicted molar refractivity (Wildman–Crippen MR) is 57.2 cm³/mol. The fourth-order valence-corrected chi connectivity index (χ4v) is 1.12. The Balaban J connectivity index is 2.71. The van der Waals surface area contributed by atoms with E-state index in [0.717, 1.165) is 24.3 Å². The van der Waals surface area contributed by atoms with Crippen LogP contribution < -0.4 is 11.1 Å². The van der Waals surface area contributed by atoms with E-state index < -0.39 is 17.6 Å². The van der Waals surface area contributed by atoms with E-state index in [2.05, 4.69) is 10.5 Å². The second kappa shape index (κ2) is 5.39. The molecule has 8 heteroatoms. The molecular weight excluding hydrogens is 251 g/mol. The van der Waals surface area contributed by atoms with Crippen LogP contribution in [0.4, 0.5) is 13.2 Å². The summed E-state index contributed by atoms with van der Waals surface area (Å²) in [5.74, 6) is -0.828. The van der Waals surface area contributed by atoms with E-state index in [1.54, 1.807) is 0 Å². The van der Waals surface area contributed by atoms with Crippen LogP contribution in [0.1, 0.15) is 15.9 Å². The van der Waals surface area contributed by atoms with Crippen molar-refractivity contribution in [3.63, 3.8) is 0 Å². The van der Waals surface area contributed by atoms with Gasteiger partial charge in [0, 0.05) is 5.56 Å². The molecule has 0 aliphatic rings. The lowest BCUT2D eigenvalue weighted by molar-refractivity contribution is -0.137. The molecule has 0 fully saturated rings. The molecule has 0 aliphatic heterocycles. The van der Waals surface area contributed by atoms with Gasteiger partial charge in [0.25, 0.3) is 5.91 Å². The van der Waals surface area contributed by atoms with Gasteiger partial charge in [-0.05, 0) is 24.3 Å². The summed E-state index contributed by atoms with van der Waals surface area (Å²) in [5.41, 5.74) is 4.33. The largest absolute Gasteiger partial charge is 0.416 e. The number of nitrogens with zero attached hydrogens (tertiary/aromatic N) is 1. The maximum atomic E-state index is 12.3. The second-order valence-corrected chi connectivity index (χ2v) is 3.35. The number of amidine groups is 1. The van der Waals surface area contributed by atoms with E-state index in [-0.39, 0.29) is 17.9 Å². The highest BCUT2D eigenvalue weighted by molar-refractivity contribution is 5.96. The van der Waals surface area contributed by atoms with Crippen LogP contribution in [0.5, 0.6) is 0 Å². The zero-order chi connectivity index (χ0) is 13.8. The summed E-state index contributed by atoms with van der Waals surface area (Å²) in [7, 11) is 0. The molecule has 0 aliphatic carbocycles. The van der Waals surface area contributed by atoms with E-state index >= 15 is 0 Å². The monoisotopic (exact) mass is 261 g/mol. The second-order valence-electron chi connectivity index (χ2n) is 3.35.